The van der Waals surface area contributed by atoms with Crippen LogP contribution in [0.5, 0.6) is 0 Å². The van der Waals surface area contributed by atoms with Gasteiger partial charge in [-0.3, -0.25) is 37.3 Å². The van der Waals surface area contributed by atoms with Crippen molar-refractivity contribution in [3.05, 3.63) is 0 Å². The molecule has 0 aromatic heterocycles. The lowest BCUT2D eigenvalue weighted by molar-refractivity contribution is -0.161. The fourth-order valence-corrected chi connectivity index (χ4v) is 16.3. The monoisotopic (exact) mass is 1650 g/mol. The molecule has 7 atom stereocenters. The van der Waals surface area contributed by atoms with Crippen LogP contribution in [0.25, 0.3) is 0 Å². The molecule has 0 rings (SSSR count). The highest BCUT2D eigenvalue weighted by Crippen LogP contribution is 2.45. The summed E-state index contributed by atoms with van der Waals surface area (Å²) in [7, 11) is -9.93. The van der Waals surface area contributed by atoms with E-state index in [0.29, 0.717) is 25.7 Å². The van der Waals surface area contributed by atoms with Crippen LogP contribution in [0, 0.1) is 11.8 Å². The zero-order valence-electron chi connectivity index (χ0n) is 74.7. The first-order valence-corrected chi connectivity index (χ1v) is 51.6. The molecule has 0 spiro atoms. The van der Waals surface area contributed by atoms with Crippen molar-refractivity contribution in [3.8, 4) is 0 Å². The molecule has 17 nitrogen and oxygen atoms in total. The molecule has 4 unspecified atom stereocenters. The van der Waals surface area contributed by atoms with Gasteiger partial charge in [0.05, 0.1) is 26.4 Å². The number of phosphoric acid groups is 2. The minimum absolute atomic E-state index is 0.109. The zero-order chi connectivity index (χ0) is 82.7. The number of unbranched alkanes of at least 4 members (excludes halogenated alkanes) is 61. The second-order valence-electron chi connectivity index (χ2n) is 34.2. The van der Waals surface area contributed by atoms with Gasteiger partial charge in [-0.1, -0.05) is 459 Å². The van der Waals surface area contributed by atoms with Crippen molar-refractivity contribution in [1.29, 1.82) is 0 Å². The van der Waals surface area contributed by atoms with Crippen LogP contribution in [-0.4, -0.2) is 96.7 Å². The van der Waals surface area contributed by atoms with Gasteiger partial charge in [-0.15, -0.1) is 0 Å². The van der Waals surface area contributed by atoms with Gasteiger partial charge in [0.1, 0.15) is 19.3 Å². The molecule has 0 aliphatic carbocycles. The number of rotatable bonds is 93. The Kier molecular flexibility index (Phi) is 83.6. The molecule has 19 heteroatoms. The predicted octanol–water partition coefficient (Wildman–Crippen LogP) is 29.4. The van der Waals surface area contributed by atoms with Gasteiger partial charge < -0.3 is 33.8 Å². The van der Waals surface area contributed by atoms with Crippen LogP contribution >= 0.6 is 15.6 Å². The minimum Gasteiger partial charge on any atom is -0.462 e. The van der Waals surface area contributed by atoms with E-state index in [4.69, 9.17) is 37.0 Å². The standard InChI is InChI=1S/C94H184O17P2/c1-7-11-13-15-17-18-19-20-21-22-23-24-25-26-34-39-44-49-54-60-66-72-78-93(98)110-89(82-104-91(96)76-70-64-56-16-14-12-8-2)84-108-112(100,101)106-80-88(95)81-107-113(102,103)109-85-90(111-94(99)79-73-67-61-55-50-45-40-35-30-28-32-37-42-47-52-58-63-69-75-87(6)10-4)83-105-92(97)77-71-65-59-53-48-43-38-33-29-27-31-36-41-46-51-57-62-68-74-86(5)9-3/h86-90,95H,7-85H2,1-6H3,(H,100,101)(H,102,103)/t86?,87?,88-,89+,90+/m0/s1. The van der Waals surface area contributed by atoms with E-state index in [1.54, 1.807) is 0 Å². The zero-order valence-corrected chi connectivity index (χ0v) is 76.5. The van der Waals surface area contributed by atoms with Crippen LogP contribution in [-0.2, 0) is 65.4 Å². The van der Waals surface area contributed by atoms with E-state index in [9.17, 15) is 43.2 Å². The van der Waals surface area contributed by atoms with E-state index in [1.165, 1.54) is 315 Å². The van der Waals surface area contributed by atoms with Crippen molar-refractivity contribution in [2.45, 2.75) is 529 Å². The summed E-state index contributed by atoms with van der Waals surface area (Å²) in [4.78, 5) is 73.3. The Bertz CT molecular complexity index is 2150. The molecule has 0 radical (unpaired) electrons. The largest absolute Gasteiger partial charge is 0.472 e. The first kappa shape index (κ1) is 111. The Morgan fingerprint density at radius 1 is 0.248 bits per heavy atom. The third-order valence-electron chi connectivity index (χ3n) is 22.9. The third-order valence-corrected chi connectivity index (χ3v) is 24.8. The normalized spacial score (nSPS) is 14.2. The number of esters is 4. The molecule has 0 amide bonds. The number of carbonyl (C=O) groups is 4. The second kappa shape index (κ2) is 85.1. The maximum Gasteiger partial charge on any atom is 0.472 e. The summed E-state index contributed by atoms with van der Waals surface area (Å²) in [5, 5.41) is 10.7. The van der Waals surface area contributed by atoms with Crippen molar-refractivity contribution in [3.63, 3.8) is 0 Å². The topological polar surface area (TPSA) is 237 Å². The number of aliphatic hydroxyl groups is 1. The van der Waals surface area contributed by atoms with Crippen LogP contribution in [0.4, 0.5) is 0 Å². The van der Waals surface area contributed by atoms with E-state index in [-0.39, 0.29) is 25.7 Å². The first-order chi connectivity index (χ1) is 54.9. The van der Waals surface area contributed by atoms with Crippen LogP contribution in [0.15, 0.2) is 0 Å². The van der Waals surface area contributed by atoms with Crippen LogP contribution < -0.4 is 0 Å². The lowest BCUT2D eigenvalue weighted by Gasteiger charge is -2.21. The molecule has 0 heterocycles. The summed E-state index contributed by atoms with van der Waals surface area (Å²) in [5.41, 5.74) is 0. The summed E-state index contributed by atoms with van der Waals surface area (Å²) in [5.74, 6) is -0.354. The lowest BCUT2D eigenvalue weighted by atomic mass is 9.99. The quantitative estimate of drug-likeness (QED) is 0.0222. The Morgan fingerprint density at radius 2 is 0.425 bits per heavy atom. The molecular weight excluding hydrogens is 1460 g/mol. The van der Waals surface area contributed by atoms with Gasteiger partial charge in [0.15, 0.2) is 12.2 Å². The average molecular weight is 1650 g/mol. The molecule has 0 aliphatic rings. The van der Waals surface area contributed by atoms with E-state index in [0.717, 1.165) is 115 Å². The fourth-order valence-electron chi connectivity index (χ4n) is 14.8. The summed E-state index contributed by atoms with van der Waals surface area (Å²) in [6.07, 6.45) is 80.9. The van der Waals surface area contributed by atoms with Gasteiger partial charge in [-0.05, 0) is 37.5 Å². The van der Waals surface area contributed by atoms with Gasteiger partial charge >= 0.3 is 39.5 Å². The summed E-state index contributed by atoms with van der Waals surface area (Å²) in [6.45, 7) is 9.81. The summed E-state index contributed by atoms with van der Waals surface area (Å²) < 4.78 is 69.0. The highest BCUT2D eigenvalue weighted by atomic mass is 31.2. The molecule has 0 fully saturated rings. The van der Waals surface area contributed by atoms with E-state index >= 15 is 0 Å². The van der Waals surface area contributed by atoms with E-state index in [2.05, 4.69) is 41.5 Å². The molecule has 0 bridgehead atoms. The number of phosphoric ester groups is 2. The van der Waals surface area contributed by atoms with Gasteiger partial charge in [-0.25, -0.2) is 9.13 Å². The van der Waals surface area contributed by atoms with E-state index < -0.39 is 97.5 Å². The highest BCUT2D eigenvalue weighted by Gasteiger charge is 2.31. The molecule has 0 saturated heterocycles. The molecule has 3 N–H and O–H groups in total. The van der Waals surface area contributed by atoms with Gasteiger partial charge in [0.2, 0.25) is 0 Å². The predicted molar refractivity (Wildman–Crippen MR) is 469 cm³/mol. The molecule has 0 aromatic rings. The van der Waals surface area contributed by atoms with Crippen LogP contribution in [0.2, 0.25) is 0 Å². The van der Waals surface area contributed by atoms with Crippen molar-refractivity contribution in [2.75, 3.05) is 39.6 Å². The van der Waals surface area contributed by atoms with Crippen molar-refractivity contribution in [1.82, 2.24) is 0 Å². The second-order valence-corrected chi connectivity index (χ2v) is 37.1. The number of aliphatic hydroxyl groups excluding tert-OH is 1. The molecule has 0 aromatic carbocycles. The van der Waals surface area contributed by atoms with Crippen molar-refractivity contribution >= 4 is 39.5 Å². The Hall–Kier alpha value is -1.94. The van der Waals surface area contributed by atoms with Crippen molar-refractivity contribution in [2.24, 2.45) is 11.8 Å². The van der Waals surface area contributed by atoms with E-state index in [1.807, 2.05) is 0 Å². The summed E-state index contributed by atoms with van der Waals surface area (Å²) >= 11 is 0. The highest BCUT2D eigenvalue weighted by molar-refractivity contribution is 7.47. The molecular formula is C94H184O17P2. The molecule has 113 heavy (non-hydrogen) atoms. The van der Waals surface area contributed by atoms with Crippen LogP contribution in [0.3, 0.4) is 0 Å². The lowest BCUT2D eigenvalue weighted by Crippen LogP contribution is -2.30. The van der Waals surface area contributed by atoms with Gasteiger partial charge in [-0.2, -0.15) is 0 Å². The number of hydrogen-bond donors (Lipinski definition) is 3. The molecule has 0 saturated carbocycles. The Balaban J connectivity index is 5.13. The Morgan fingerprint density at radius 3 is 0.628 bits per heavy atom. The van der Waals surface area contributed by atoms with Gasteiger partial charge in [0.25, 0.3) is 0 Å². The third kappa shape index (κ3) is 84.9. The Labute approximate surface area is 696 Å². The first-order valence-electron chi connectivity index (χ1n) is 48.6. The number of hydrogen-bond acceptors (Lipinski definition) is 15. The SMILES string of the molecule is CCCCCCCCCCCCCCCCCCCCCCCCC(=O)O[C@H](COC(=O)CCCCCCCCC)COP(=O)(O)OC[C@H](O)COP(=O)(O)OC[C@@H](COC(=O)CCCCCCCCCCCCCCCCCCCCC(C)CC)OC(=O)CCCCCCCCCCCCCCCCCCCCC(C)CC. The van der Waals surface area contributed by atoms with Gasteiger partial charge in [0, 0.05) is 25.7 Å². The number of carbonyl (C=O) groups excluding carboxylic acids is 4. The maximum absolute atomic E-state index is 13.2. The average Bonchev–Trinajstić information content (AvgIpc) is 0.910. The van der Waals surface area contributed by atoms with Crippen LogP contribution in [0.1, 0.15) is 510 Å². The molecule has 0 aliphatic heterocycles. The molecule has 672 valence electrons. The minimum atomic E-state index is -4.97. The van der Waals surface area contributed by atoms with Crippen molar-refractivity contribution < 1.29 is 80.2 Å². The smallest absolute Gasteiger partial charge is 0.462 e. The summed E-state index contributed by atoms with van der Waals surface area (Å²) in [6, 6.07) is 0. The maximum atomic E-state index is 13.2. The number of ether oxygens (including phenoxy) is 4. The fraction of sp³-hybridized carbons (Fsp3) is 0.957.